The number of rotatable bonds is 6. The van der Waals surface area contributed by atoms with Crippen molar-refractivity contribution < 1.29 is 34.7 Å². The van der Waals surface area contributed by atoms with Crippen molar-refractivity contribution in [2.75, 3.05) is 11.0 Å². The van der Waals surface area contributed by atoms with Crippen LogP contribution in [0.2, 0.25) is 5.02 Å². The smallest absolute Gasteiger partial charge is 0.416 e. The lowest BCUT2D eigenvalue weighted by molar-refractivity contribution is -0.137. The molecule has 0 saturated carbocycles. The fourth-order valence-electron chi connectivity index (χ4n) is 2.57. The lowest BCUT2D eigenvalue weighted by Crippen LogP contribution is -2.15. The van der Waals surface area contributed by atoms with Crippen molar-refractivity contribution in [3.63, 3.8) is 0 Å². The summed E-state index contributed by atoms with van der Waals surface area (Å²) in [7, 11) is -8.21. The maximum Gasteiger partial charge on any atom is 0.416 e. The monoisotopic (exact) mass is 506 g/mol. The number of nitrogens with one attached hydrogen (secondary N) is 1. The molecule has 1 aromatic heterocycles. The number of hydrogen-bond acceptors (Lipinski definition) is 6. The van der Waals surface area contributed by atoms with Crippen LogP contribution in [0.4, 0.5) is 18.9 Å². The number of sulfone groups is 1. The maximum absolute atomic E-state index is 13.0. The van der Waals surface area contributed by atoms with Crippen LogP contribution in [0.3, 0.4) is 0 Å². The summed E-state index contributed by atoms with van der Waals surface area (Å²) in [4.78, 5) is 3.04. The minimum absolute atomic E-state index is 0.00418. The van der Waals surface area contributed by atoms with Crippen LogP contribution < -0.4 is 9.46 Å². The van der Waals surface area contributed by atoms with Crippen LogP contribution in [0.5, 0.6) is 11.6 Å². The van der Waals surface area contributed by atoms with E-state index >= 15 is 0 Å². The zero-order valence-electron chi connectivity index (χ0n) is 16.1. The van der Waals surface area contributed by atoms with Crippen LogP contribution in [0.25, 0.3) is 0 Å². The maximum atomic E-state index is 13.0. The Morgan fingerprint density at radius 3 is 2.34 bits per heavy atom. The van der Waals surface area contributed by atoms with Crippen molar-refractivity contribution in [1.29, 1.82) is 0 Å². The minimum Gasteiger partial charge on any atom is -0.436 e. The molecule has 2 aromatic carbocycles. The van der Waals surface area contributed by atoms with E-state index in [1.165, 1.54) is 24.3 Å². The standard InChI is InChI=1S/C19H14ClF3N2O5S2/c1-31(26,27)17-8-3-2-7-16(17)30-18-15(10-13(20)11-24-18)25-32(28,29)14-6-4-5-12(9-14)19(21,22)23/h2-11,25H,1H3. The van der Waals surface area contributed by atoms with Crippen LogP contribution in [0.1, 0.15) is 5.56 Å². The molecule has 0 spiro atoms. The molecule has 0 unspecified atom stereocenters. The van der Waals surface area contributed by atoms with Gasteiger partial charge in [-0.25, -0.2) is 21.8 Å². The van der Waals surface area contributed by atoms with Gasteiger partial charge in [-0.1, -0.05) is 29.8 Å². The van der Waals surface area contributed by atoms with Crippen LogP contribution in [-0.4, -0.2) is 28.1 Å². The fraction of sp³-hybridized carbons (Fsp3) is 0.105. The third-order valence-corrected chi connectivity index (χ3v) is 6.70. The highest BCUT2D eigenvalue weighted by Crippen LogP contribution is 2.35. The Kier molecular flexibility index (Phi) is 6.40. The Balaban J connectivity index is 2.02. The zero-order valence-corrected chi connectivity index (χ0v) is 18.5. The number of hydrogen-bond donors (Lipinski definition) is 1. The summed E-state index contributed by atoms with van der Waals surface area (Å²) in [5.74, 6) is -0.495. The van der Waals surface area contributed by atoms with Gasteiger partial charge in [-0.05, 0) is 36.4 Å². The molecule has 32 heavy (non-hydrogen) atoms. The number of aromatic nitrogens is 1. The lowest BCUT2D eigenvalue weighted by Gasteiger charge is -2.15. The van der Waals surface area contributed by atoms with Gasteiger partial charge in [0.05, 0.1) is 15.5 Å². The fourth-order valence-corrected chi connectivity index (χ4v) is 4.62. The first-order valence-corrected chi connectivity index (χ1v) is 12.4. The molecule has 0 aliphatic rings. The number of alkyl halides is 3. The number of sulfonamides is 1. The molecule has 0 saturated heterocycles. The van der Waals surface area contributed by atoms with Crippen molar-refractivity contribution in [3.8, 4) is 11.6 Å². The number of benzene rings is 2. The summed E-state index contributed by atoms with van der Waals surface area (Å²) in [5.41, 5.74) is -1.46. The topological polar surface area (TPSA) is 102 Å². The number of ether oxygens (including phenoxy) is 1. The van der Waals surface area contributed by atoms with Crippen molar-refractivity contribution in [3.05, 3.63) is 71.4 Å². The molecule has 0 aliphatic heterocycles. The van der Waals surface area contributed by atoms with Gasteiger partial charge in [-0.3, -0.25) is 4.72 Å². The lowest BCUT2D eigenvalue weighted by atomic mass is 10.2. The van der Waals surface area contributed by atoms with E-state index in [0.717, 1.165) is 36.7 Å². The predicted octanol–water partition coefficient (Wildman–Crippen LogP) is 4.75. The summed E-state index contributed by atoms with van der Waals surface area (Å²) in [6, 6.07) is 9.84. The Hall–Kier alpha value is -2.83. The van der Waals surface area contributed by atoms with Gasteiger partial charge in [0.1, 0.15) is 16.3 Å². The van der Waals surface area contributed by atoms with Gasteiger partial charge in [0.25, 0.3) is 10.0 Å². The van der Waals surface area contributed by atoms with Crippen molar-refractivity contribution >= 4 is 37.1 Å². The van der Waals surface area contributed by atoms with Crippen LogP contribution in [0.15, 0.2) is 70.6 Å². The molecule has 0 fully saturated rings. The molecule has 0 aliphatic carbocycles. The third kappa shape index (κ3) is 5.50. The second-order valence-electron chi connectivity index (χ2n) is 6.46. The zero-order chi connectivity index (χ0) is 23.7. The molecule has 170 valence electrons. The van der Waals surface area contributed by atoms with Gasteiger partial charge < -0.3 is 4.74 Å². The molecule has 0 atom stereocenters. The minimum atomic E-state index is -4.74. The van der Waals surface area contributed by atoms with E-state index in [1.807, 2.05) is 0 Å². The molecular formula is C19H14ClF3N2O5S2. The summed E-state index contributed by atoms with van der Waals surface area (Å²) < 4.78 is 95.9. The summed E-state index contributed by atoms with van der Waals surface area (Å²) in [5, 5.41) is -0.00418. The molecule has 1 heterocycles. The van der Waals surface area contributed by atoms with Gasteiger partial charge in [0.15, 0.2) is 9.84 Å². The highest BCUT2D eigenvalue weighted by molar-refractivity contribution is 7.92. The molecule has 0 bridgehead atoms. The first kappa shape index (κ1) is 23.8. The second-order valence-corrected chi connectivity index (χ2v) is 10.6. The first-order valence-electron chi connectivity index (χ1n) is 8.60. The Bertz CT molecular complexity index is 1380. The van der Waals surface area contributed by atoms with Crippen molar-refractivity contribution in [1.82, 2.24) is 4.98 Å². The van der Waals surface area contributed by atoms with Crippen molar-refractivity contribution in [2.45, 2.75) is 16.0 Å². The summed E-state index contributed by atoms with van der Waals surface area (Å²) >= 11 is 5.89. The number of pyridine rings is 1. The van der Waals surface area contributed by atoms with E-state index in [4.69, 9.17) is 16.3 Å². The number of nitrogens with zero attached hydrogens (tertiary/aromatic N) is 1. The van der Waals surface area contributed by atoms with Gasteiger partial charge >= 0.3 is 6.18 Å². The number of halogens is 4. The van der Waals surface area contributed by atoms with E-state index in [2.05, 4.69) is 9.71 Å². The van der Waals surface area contributed by atoms with E-state index < -0.39 is 36.5 Å². The van der Waals surface area contributed by atoms with E-state index in [0.29, 0.717) is 6.07 Å². The summed E-state index contributed by atoms with van der Waals surface area (Å²) in [6.45, 7) is 0. The average Bonchev–Trinajstić information content (AvgIpc) is 2.69. The summed E-state index contributed by atoms with van der Waals surface area (Å²) in [6.07, 6.45) is -2.66. The molecule has 7 nitrogen and oxygen atoms in total. The quantitative estimate of drug-likeness (QED) is 0.517. The average molecular weight is 507 g/mol. The van der Waals surface area contributed by atoms with Crippen molar-refractivity contribution in [2.24, 2.45) is 0 Å². The molecule has 3 rings (SSSR count). The first-order chi connectivity index (χ1) is 14.8. The van der Waals surface area contributed by atoms with Gasteiger partial charge in [-0.2, -0.15) is 13.2 Å². The SMILES string of the molecule is CS(=O)(=O)c1ccccc1Oc1ncc(Cl)cc1NS(=O)(=O)c1cccc(C(F)(F)F)c1. The molecule has 0 radical (unpaired) electrons. The molecule has 1 N–H and O–H groups in total. The Morgan fingerprint density at radius 1 is 1.00 bits per heavy atom. The van der Waals surface area contributed by atoms with Crippen LogP contribution in [-0.2, 0) is 26.0 Å². The number of para-hydroxylation sites is 1. The Labute approximate surface area is 186 Å². The molecule has 13 heteroatoms. The van der Waals surface area contributed by atoms with E-state index in [1.54, 1.807) is 0 Å². The highest BCUT2D eigenvalue weighted by Gasteiger charge is 2.32. The molecular weight excluding hydrogens is 493 g/mol. The molecule has 0 amide bonds. The largest absolute Gasteiger partial charge is 0.436 e. The Morgan fingerprint density at radius 2 is 1.69 bits per heavy atom. The van der Waals surface area contributed by atoms with E-state index in [-0.39, 0.29) is 27.2 Å². The third-order valence-electron chi connectivity index (χ3n) is 3.99. The van der Waals surface area contributed by atoms with Gasteiger partial charge in [0.2, 0.25) is 5.88 Å². The van der Waals surface area contributed by atoms with Crippen LogP contribution >= 0.6 is 11.6 Å². The normalized spacial score (nSPS) is 12.4. The predicted molar refractivity (Wildman–Crippen MR) is 111 cm³/mol. The molecule has 3 aromatic rings. The highest BCUT2D eigenvalue weighted by atomic mass is 35.5. The second kappa shape index (κ2) is 8.60. The van der Waals surface area contributed by atoms with Gasteiger partial charge in [0, 0.05) is 12.5 Å². The van der Waals surface area contributed by atoms with Gasteiger partial charge in [-0.15, -0.1) is 0 Å². The number of anilines is 1. The van der Waals surface area contributed by atoms with Crippen LogP contribution in [0, 0.1) is 0 Å². The van der Waals surface area contributed by atoms with E-state index in [9.17, 15) is 30.0 Å².